The van der Waals surface area contributed by atoms with Crippen LogP contribution in [0.5, 0.6) is 0 Å². The average molecular weight is 358 g/mol. The minimum atomic E-state index is -4.44. The molecule has 1 atom stereocenters. The van der Waals surface area contributed by atoms with Gasteiger partial charge in [-0.25, -0.2) is 4.79 Å². The van der Waals surface area contributed by atoms with Crippen molar-refractivity contribution < 1.29 is 27.6 Å². The molecule has 0 spiro atoms. The number of halogens is 3. The van der Waals surface area contributed by atoms with E-state index in [4.69, 9.17) is 0 Å². The van der Waals surface area contributed by atoms with E-state index < -0.39 is 35.1 Å². The third kappa shape index (κ3) is 4.01. The van der Waals surface area contributed by atoms with Crippen molar-refractivity contribution >= 4 is 23.5 Å². The predicted octanol–water partition coefficient (Wildman–Crippen LogP) is 1.87. The van der Waals surface area contributed by atoms with Crippen molar-refractivity contribution in [1.29, 1.82) is 0 Å². The Morgan fingerprint density at radius 1 is 1.24 bits per heavy atom. The Hall–Kier alpha value is -2.78. The fourth-order valence-electron chi connectivity index (χ4n) is 2.15. The van der Waals surface area contributed by atoms with Crippen molar-refractivity contribution in [3.05, 3.63) is 29.8 Å². The summed E-state index contributed by atoms with van der Waals surface area (Å²) < 4.78 is 37.4. The average Bonchev–Trinajstić information content (AvgIpc) is 2.76. The van der Waals surface area contributed by atoms with Gasteiger partial charge in [-0.1, -0.05) is 6.92 Å². The summed E-state index contributed by atoms with van der Waals surface area (Å²) >= 11 is 0. The Kier molecular flexibility index (Phi) is 4.91. The van der Waals surface area contributed by atoms with Crippen LogP contribution in [0.2, 0.25) is 0 Å². The summed E-state index contributed by atoms with van der Waals surface area (Å²) in [6.45, 7) is 2.93. The molecule has 1 aromatic rings. The van der Waals surface area contributed by atoms with E-state index in [0.29, 0.717) is 17.1 Å². The maximum atomic E-state index is 12.5. The molecule has 7 nitrogen and oxygen atoms in total. The topological polar surface area (TPSA) is 90.5 Å². The molecule has 10 heteroatoms. The molecule has 136 valence electrons. The lowest BCUT2D eigenvalue weighted by Gasteiger charge is -2.19. The molecule has 0 aromatic heterocycles. The normalized spacial score (nSPS) is 20.4. The molecular weight excluding hydrogens is 341 g/mol. The molecule has 1 unspecified atom stereocenters. The first-order valence-electron chi connectivity index (χ1n) is 7.44. The number of imide groups is 1. The highest BCUT2D eigenvalue weighted by Crippen LogP contribution is 2.29. The smallest absolute Gasteiger partial charge is 0.376 e. The molecule has 0 bridgehead atoms. The van der Waals surface area contributed by atoms with Crippen LogP contribution in [-0.2, 0) is 15.8 Å². The third-order valence-electron chi connectivity index (χ3n) is 3.87. The monoisotopic (exact) mass is 358 g/mol. The SMILES string of the molecule is CCC1(C)NC(=O)N(NC(=O)CNc2ccc(C(F)(F)F)cc2)C1=O. The number of rotatable bonds is 5. The van der Waals surface area contributed by atoms with Gasteiger partial charge in [-0.2, -0.15) is 18.2 Å². The number of nitrogens with zero attached hydrogens (tertiary/aromatic N) is 1. The number of anilines is 1. The van der Waals surface area contributed by atoms with E-state index in [1.54, 1.807) is 13.8 Å². The summed E-state index contributed by atoms with van der Waals surface area (Å²) in [6.07, 6.45) is -4.08. The van der Waals surface area contributed by atoms with Gasteiger partial charge in [-0.15, -0.1) is 0 Å². The van der Waals surface area contributed by atoms with Gasteiger partial charge in [0.25, 0.3) is 11.8 Å². The van der Waals surface area contributed by atoms with Crippen molar-refractivity contribution in [3.8, 4) is 0 Å². The molecule has 0 saturated carbocycles. The summed E-state index contributed by atoms with van der Waals surface area (Å²) in [5.41, 5.74) is 0.572. The Balaban J connectivity index is 1.91. The zero-order valence-corrected chi connectivity index (χ0v) is 13.5. The zero-order chi connectivity index (χ0) is 18.8. The van der Waals surface area contributed by atoms with Crippen LogP contribution in [0.15, 0.2) is 24.3 Å². The summed E-state index contributed by atoms with van der Waals surface area (Å²) in [6, 6.07) is 3.38. The number of carbonyl (C=O) groups excluding carboxylic acids is 3. The highest BCUT2D eigenvalue weighted by atomic mass is 19.4. The van der Waals surface area contributed by atoms with E-state index >= 15 is 0 Å². The minimum Gasteiger partial charge on any atom is -0.376 e. The van der Waals surface area contributed by atoms with E-state index in [1.165, 1.54) is 12.1 Å². The molecule has 4 amide bonds. The molecule has 0 radical (unpaired) electrons. The van der Waals surface area contributed by atoms with Gasteiger partial charge in [-0.05, 0) is 37.6 Å². The molecule has 25 heavy (non-hydrogen) atoms. The van der Waals surface area contributed by atoms with E-state index in [1.807, 2.05) is 0 Å². The van der Waals surface area contributed by atoms with Crippen LogP contribution in [-0.4, -0.2) is 34.9 Å². The fraction of sp³-hybridized carbons (Fsp3) is 0.400. The lowest BCUT2D eigenvalue weighted by Crippen LogP contribution is -2.50. The quantitative estimate of drug-likeness (QED) is 0.701. The van der Waals surface area contributed by atoms with Crippen molar-refractivity contribution in [1.82, 2.24) is 15.8 Å². The van der Waals surface area contributed by atoms with E-state index in [9.17, 15) is 27.6 Å². The molecule has 1 heterocycles. The Bertz CT molecular complexity index is 690. The standard InChI is InChI=1S/C15H17F3N4O3/c1-3-14(2)12(24)22(13(25)20-14)21-11(23)8-19-10-6-4-9(5-7-10)15(16,17)18/h4-7,19H,3,8H2,1-2H3,(H,20,25)(H,21,23). The van der Waals surface area contributed by atoms with Gasteiger partial charge in [0.05, 0.1) is 12.1 Å². The van der Waals surface area contributed by atoms with Crippen molar-refractivity contribution in [2.45, 2.75) is 32.0 Å². The molecule has 1 aromatic carbocycles. The van der Waals surface area contributed by atoms with Gasteiger partial charge in [-0.3, -0.25) is 15.0 Å². The number of hydrazine groups is 1. The van der Waals surface area contributed by atoms with Crippen LogP contribution < -0.4 is 16.1 Å². The van der Waals surface area contributed by atoms with E-state index in [2.05, 4.69) is 16.1 Å². The lowest BCUT2D eigenvalue weighted by atomic mass is 10.00. The van der Waals surface area contributed by atoms with Crippen LogP contribution in [0, 0.1) is 0 Å². The molecule has 1 aliphatic rings. The number of nitrogens with one attached hydrogen (secondary N) is 3. The Morgan fingerprint density at radius 2 is 1.84 bits per heavy atom. The summed E-state index contributed by atoms with van der Waals surface area (Å²) in [7, 11) is 0. The molecule has 1 saturated heterocycles. The minimum absolute atomic E-state index is 0.291. The van der Waals surface area contributed by atoms with Crippen molar-refractivity contribution in [2.75, 3.05) is 11.9 Å². The summed E-state index contributed by atoms with van der Waals surface area (Å²) in [5, 5.41) is 5.68. The Labute approximate surface area is 141 Å². The summed E-state index contributed by atoms with van der Waals surface area (Å²) in [4.78, 5) is 35.7. The van der Waals surface area contributed by atoms with Crippen LogP contribution in [0.4, 0.5) is 23.7 Å². The number of urea groups is 1. The first kappa shape index (κ1) is 18.6. The van der Waals surface area contributed by atoms with Crippen molar-refractivity contribution in [3.63, 3.8) is 0 Å². The number of benzene rings is 1. The molecule has 1 aliphatic heterocycles. The van der Waals surface area contributed by atoms with Gasteiger partial charge < -0.3 is 10.6 Å². The maximum Gasteiger partial charge on any atom is 0.416 e. The third-order valence-corrected chi connectivity index (χ3v) is 3.87. The van der Waals surface area contributed by atoms with Gasteiger partial charge in [0.15, 0.2) is 0 Å². The predicted molar refractivity (Wildman–Crippen MR) is 82.2 cm³/mol. The second-order valence-electron chi connectivity index (χ2n) is 5.72. The molecule has 2 rings (SSSR count). The molecule has 3 N–H and O–H groups in total. The van der Waals surface area contributed by atoms with Crippen LogP contribution >= 0.6 is 0 Å². The van der Waals surface area contributed by atoms with E-state index in [-0.39, 0.29) is 6.54 Å². The summed E-state index contributed by atoms with van der Waals surface area (Å²) in [5.74, 6) is -1.27. The van der Waals surface area contributed by atoms with Crippen LogP contribution in [0.25, 0.3) is 0 Å². The first-order valence-corrected chi connectivity index (χ1v) is 7.44. The number of carbonyl (C=O) groups is 3. The van der Waals surface area contributed by atoms with Crippen molar-refractivity contribution in [2.24, 2.45) is 0 Å². The van der Waals surface area contributed by atoms with Gasteiger partial charge >= 0.3 is 12.2 Å². The van der Waals surface area contributed by atoms with E-state index in [0.717, 1.165) is 12.1 Å². The fourth-order valence-corrected chi connectivity index (χ4v) is 2.15. The zero-order valence-electron chi connectivity index (χ0n) is 13.5. The van der Waals surface area contributed by atoms with Gasteiger partial charge in [0.2, 0.25) is 0 Å². The second-order valence-corrected chi connectivity index (χ2v) is 5.72. The van der Waals surface area contributed by atoms with Gasteiger partial charge in [0.1, 0.15) is 5.54 Å². The highest BCUT2D eigenvalue weighted by molar-refractivity contribution is 6.07. The number of alkyl halides is 3. The van der Waals surface area contributed by atoms with Crippen LogP contribution in [0.3, 0.4) is 0 Å². The first-order chi connectivity index (χ1) is 11.6. The molecule has 1 fully saturated rings. The number of amides is 4. The highest BCUT2D eigenvalue weighted by Gasteiger charge is 2.47. The largest absolute Gasteiger partial charge is 0.416 e. The second kappa shape index (κ2) is 6.61. The lowest BCUT2D eigenvalue weighted by molar-refractivity contribution is -0.138. The van der Waals surface area contributed by atoms with Gasteiger partial charge in [0, 0.05) is 5.69 Å². The molecule has 0 aliphatic carbocycles. The molecular formula is C15H17F3N4O3. The van der Waals surface area contributed by atoms with Crippen LogP contribution in [0.1, 0.15) is 25.8 Å². The number of hydrogen-bond acceptors (Lipinski definition) is 4. The number of hydrogen-bond donors (Lipinski definition) is 3. The Morgan fingerprint density at radius 3 is 2.32 bits per heavy atom. The maximum absolute atomic E-state index is 12.5.